The van der Waals surface area contributed by atoms with Crippen LogP contribution >= 0.6 is 0 Å². The largest absolute Gasteiger partial charge is 0.397 e. The van der Waals surface area contributed by atoms with Crippen molar-refractivity contribution >= 4 is 16.7 Å². The normalized spacial score (nSPS) is 24.6. The third kappa shape index (κ3) is 1.28. The number of ether oxygens (including phenoxy) is 1. The summed E-state index contributed by atoms with van der Waals surface area (Å²) in [6.07, 6.45) is 2.37. The van der Waals surface area contributed by atoms with Crippen LogP contribution in [0.4, 0.5) is 5.69 Å². The zero-order valence-electron chi connectivity index (χ0n) is 9.13. The van der Waals surface area contributed by atoms with Gasteiger partial charge in [-0.05, 0) is 25.0 Å². The Morgan fingerprint density at radius 1 is 1.44 bits per heavy atom. The van der Waals surface area contributed by atoms with Crippen molar-refractivity contribution < 1.29 is 4.74 Å². The fourth-order valence-corrected chi connectivity index (χ4v) is 2.18. The first-order valence-electron chi connectivity index (χ1n) is 5.42. The van der Waals surface area contributed by atoms with Crippen LogP contribution in [0.25, 0.3) is 11.0 Å². The molecule has 0 saturated heterocycles. The smallest absolute Gasteiger partial charge is 0.136 e. The van der Waals surface area contributed by atoms with E-state index in [-0.39, 0.29) is 0 Å². The SMILES string of the molecule is COC1CC(n2nnc3c(N)cccc32)C1. The lowest BCUT2D eigenvalue weighted by Crippen LogP contribution is -2.33. The van der Waals surface area contributed by atoms with Crippen LogP contribution in [0.2, 0.25) is 0 Å². The zero-order valence-corrected chi connectivity index (χ0v) is 9.13. The van der Waals surface area contributed by atoms with Crippen LogP contribution in [0.5, 0.6) is 0 Å². The van der Waals surface area contributed by atoms with Crippen molar-refractivity contribution in [3.63, 3.8) is 0 Å². The summed E-state index contributed by atoms with van der Waals surface area (Å²) >= 11 is 0. The number of rotatable bonds is 2. The molecule has 1 fully saturated rings. The summed E-state index contributed by atoms with van der Waals surface area (Å²) in [5, 5.41) is 8.30. The fraction of sp³-hybridized carbons (Fsp3) is 0.455. The molecular weight excluding hydrogens is 204 g/mol. The number of hydrogen-bond donors (Lipinski definition) is 1. The molecule has 1 aliphatic rings. The van der Waals surface area contributed by atoms with Crippen LogP contribution in [0.3, 0.4) is 0 Å². The van der Waals surface area contributed by atoms with Gasteiger partial charge in [0.05, 0.1) is 23.3 Å². The van der Waals surface area contributed by atoms with Crippen molar-refractivity contribution in [3.8, 4) is 0 Å². The molecule has 0 bridgehead atoms. The Hall–Kier alpha value is -1.62. The summed E-state index contributed by atoms with van der Waals surface area (Å²) in [4.78, 5) is 0. The molecule has 0 atom stereocenters. The van der Waals surface area contributed by atoms with Crippen LogP contribution in [0, 0.1) is 0 Å². The first-order chi connectivity index (χ1) is 7.79. The van der Waals surface area contributed by atoms with Crippen molar-refractivity contribution in [2.24, 2.45) is 0 Å². The van der Waals surface area contributed by atoms with Crippen LogP contribution in [-0.2, 0) is 4.74 Å². The van der Waals surface area contributed by atoms with E-state index in [9.17, 15) is 0 Å². The molecule has 0 spiro atoms. The molecule has 1 heterocycles. The molecule has 5 nitrogen and oxygen atoms in total. The lowest BCUT2D eigenvalue weighted by molar-refractivity contribution is 0.00332. The van der Waals surface area contributed by atoms with E-state index in [1.165, 1.54) is 0 Å². The minimum Gasteiger partial charge on any atom is -0.397 e. The predicted octanol–water partition coefficient (Wildman–Crippen LogP) is 1.36. The van der Waals surface area contributed by atoms with Gasteiger partial charge in [0.1, 0.15) is 5.52 Å². The maximum atomic E-state index is 5.84. The second kappa shape index (κ2) is 3.45. The molecule has 1 aliphatic carbocycles. The van der Waals surface area contributed by atoms with Gasteiger partial charge in [-0.2, -0.15) is 0 Å². The maximum Gasteiger partial charge on any atom is 0.136 e. The zero-order chi connectivity index (χ0) is 11.1. The lowest BCUT2D eigenvalue weighted by atomic mass is 9.89. The second-order valence-electron chi connectivity index (χ2n) is 4.23. The molecule has 2 N–H and O–H groups in total. The van der Waals surface area contributed by atoms with E-state index >= 15 is 0 Å². The Morgan fingerprint density at radius 2 is 2.25 bits per heavy atom. The molecule has 16 heavy (non-hydrogen) atoms. The maximum absolute atomic E-state index is 5.84. The minimum absolute atomic E-state index is 0.366. The molecule has 5 heteroatoms. The number of nitrogens with two attached hydrogens (primary N) is 1. The number of fused-ring (bicyclic) bond motifs is 1. The molecule has 0 unspecified atom stereocenters. The van der Waals surface area contributed by atoms with E-state index in [1.807, 2.05) is 22.9 Å². The highest BCUT2D eigenvalue weighted by Gasteiger charge is 2.32. The quantitative estimate of drug-likeness (QED) is 0.773. The second-order valence-corrected chi connectivity index (χ2v) is 4.23. The molecule has 0 aliphatic heterocycles. The number of aromatic nitrogens is 3. The van der Waals surface area contributed by atoms with Crippen LogP contribution in [0.1, 0.15) is 18.9 Å². The van der Waals surface area contributed by atoms with Crippen molar-refractivity contribution in [2.45, 2.75) is 25.0 Å². The van der Waals surface area contributed by atoms with Crippen molar-refractivity contribution in [1.82, 2.24) is 15.0 Å². The van der Waals surface area contributed by atoms with Gasteiger partial charge in [0.25, 0.3) is 0 Å². The third-order valence-corrected chi connectivity index (χ3v) is 3.28. The first kappa shape index (κ1) is 9.59. The summed E-state index contributed by atoms with van der Waals surface area (Å²) < 4.78 is 7.22. The Bertz CT molecular complexity index is 516. The Kier molecular flexibility index (Phi) is 2.07. The van der Waals surface area contributed by atoms with Crippen LogP contribution in [0.15, 0.2) is 18.2 Å². The molecule has 2 aromatic rings. The number of hydrogen-bond acceptors (Lipinski definition) is 4. The molecule has 3 rings (SSSR count). The first-order valence-corrected chi connectivity index (χ1v) is 5.42. The summed E-state index contributed by atoms with van der Waals surface area (Å²) in [5.41, 5.74) is 8.34. The topological polar surface area (TPSA) is 66.0 Å². The van der Waals surface area contributed by atoms with Gasteiger partial charge in [-0.1, -0.05) is 11.3 Å². The highest BCUT2D eigenvalue weighted by Crippen LogP contribution is 2.35. The molecule has 84 valence electrons. The van der Waals surface area contributed by atoms with Gasteiger partial charge in [0.2, 0.25) is 0 Å². The number of methoxy groups -OCH3 is 1. The number of nitrogen functional groups attached to an aromatic ring is 1. The Morgan fingerprint density at radius 3 is 3.00 bits per heavy atom. The number of benzene rings is 1. The summed E-state index contributed by atoms with van der Waals surface area (Å²) in [5.74, 6) is 0. The molecule has 0 amide bonds. The molecule has 1 aromatic heterocycles. The van der Waals surface area contributed by atoms with Crippen molar-refractivity contribution in [1.29, 1.82) is 0 Å². The van der Waals surface area contributed by atoms with E-state index in [0.29, 0.717) is 17.8 Å². The van der Waals surface area contributed by atoms with E-state index in [2.05, 4.69) is 10.3 Å². The average molecular weight is 218 g/mol. The molecule has 1 saturated carbocycles. The summed E-state index contributed by atoms with van der Waals surface area (Å²) in [7, 11) is 1.75. The standard InChI is InChI=1S/C11H14N4O/c1-16-8-5-7(6-8)15-10-4-2-3-9(12)11(10)13-14-15/h2-4,7-8H,5-6,12H2,1H3. The third-order valence-electron chi connectivity index (χ3n) is 3.28. The Labute approximate surface area is 93.2 Å². The van der Waals surface area contributed by atoms with Crippen LogP contribution in [-0.4, -0.2) is 28.2 Å². The van der Waals surface area contributed by atoms with Gasteiger partial charge >= 0.3 is 0 Å². The monoisotopic (exact) mass is 218 g/mol. The van der Waals surface area contributed by atoms with E-state index < -0.39 is 0 Å². The highest BCUT2D eigenvalue weighted by molar-refractivity contribution is 5.86. The van der Waals surface area contributed by atoms with Gasteiger partial charge in [-0.15, -0.1) is 5.10 Å². The van der Waals surface area contributed by atoms with Gasteiger partial charge in [0, 0.05) is 7.11 Å². The minimum atomic E-state index is 0.366. The summed E-state index contributed by atoms with van der Waals surface area (Å²) in [6, 6.07) is 6.19. The van der Waals surface area contributed by atoms with E-state index in [4.69, 9.17) is 10.5 Å². The van der Waals surface area contributed by atoms with Gasteiger partial charge in [-0.25, -0.2) is 4.68 Å². The lowest BCUT2D eigenvalue weighted by Gasteiger charge is -2.34. The van der Waals surface area contributed by atoms with E-state index in [0.717, 1.165) is 23.9 Å². The molecular formula is C11H14N4O. The number of anilines is 1. The van der Waals surface area contributed by atoms with E-state index in [1.54, 1.807) is 7.11 Å². The average Bonchev–Trinajstić information content (AvgIpc) is 2.62. The van der Waals surface area contributed by atoms with Gasteiger partial charge in [-0.3, -0.25) is 0 Å². The van der Waals surface area contributed by atoms with Gasteiger partial charge in [0.15, 0.2) is 0 Å². The fourth-order valence-electron chi connectivity index (χ4n) is 2.18. The molecule has 0 radical (unpaired) electrons. The highest BCUT2D eigenvalue weighted by atomic mass is 16.5. The van der Waals surface area contributed by atoms with Gasteiger partial charge < -0.3 is 10.5 Å². The van der Waals surface area contributed by atoms with Crippen LogP contribution < -0.4 is 5.73 Å². The van der Waals surface area contributed by atoms with Crippen molar-refractivity contribution in [2.75, 3.05) is 12.8 Å². The number of nitrogens with zero attached hydrogens (tertiary/aromatic N) is 3. The summed E-state index contributed by atoms with van der Waals surface area (Å²) in [6.45, 7) is 0. The molecule has 1 aromatic carbocycles. The predicted molar refractivity (Wildman–Crippen MR) is 61.0 cm³/mol. The van der Waals surface area contributed by atoms with Crippen molar-refractivity contribution in [3.05, 3.63) is 18.2 Å². The Balaban J connectivity index is 1.97.